The van der Waals surface area contributed by atoms with E-state index in [1.165, 1.54) is 0 Å². The fraction of sp³-hybridized carbons (Fsp3) is 0.111. The molecule has 2 aromatic rings. The average molecular weight is 315 g/mol. The van der Waals surface area contributed by atoms with Crippen molar-refractivity contribution in [3.8, 4) is 11.5 Å². The first-order valence-electron chi connectivity index (χ1n) is 6.77. The normalized spacial score (nSPS) is 14.7. The monoisotopic (exact) mass is 314 g/mol. The van der Waals surface area contributed by atoms with Gasteiger partial charge in [-0.3, -0.25) is 0 Å². The lowest BCUT2D eigenvalue weighted by Crippen LogP contribution is -2.21. The molecule has 0 atom stereocenters. The van der Waals surface area contributed by atoms with Gasteiger partial charge < -0.3 is 14.6 Å². The number of benzene rings is 2. The van der Waals surface area contributed by atoms with Crippen molar-refractivity contribution in [1.82, 2.24) is 0 Å². The van der Waals surface area contributed by atoms with Crippen molar-refractivity contribution < 1.29 is 14.6 Å². The van der Waals surface area contributed by atoms with E-state index in [9.17, 15) is 5.11 Å². The van der Waals surface area contributed by atoms with Crippen molar-refractivity contribution in [2.75, 3.05) is 14.2 Å². The number of halogens is 1. The van der Waals surface area contributed by atoms with Crippen LogP contribution in [0.25, 0.3) is 17.9 Å². The molecule has 0 amide bonds. The largest absolute Gasteiger partial charge is 0.507 e. The standard InChI is InChI=1S/C18H15ClO3/c1-21-16-9-11(8-15(19)18(16)22-2)7-13-10-12-5-3-4-6-14(12)17(13)20/h3-10,20H,1-2H3/b13-7-. The van der Waals surface area contributed by atoms with E-state index in [1.54, 1.807) is 20.3 Å². The Labute approximate surface area is 133 Å². The summed E-state index contributed by atoms with van der Waals surface area (Å²) < 4.78 is 10.5. The van der Waals surface area contributed by atoms with Gasteiger partial charge in [0, 0.05) is 10.8 Å². The molecule has 0 fully saturated rings. The van der Waals surface area contributed by atoms with Crippen LogP contribution in [0.1, 0.15) is 5.56 Å². The van der Waals surface area contributed by atoms with E-state index < -0.39 is 0 Å². The van der Waals surface area contributed by atoms with E-state index in [0.29, 0.717) is 16.5 Å². The summed E-state index contributed by atoms with van der Waals surface area (Å²) in [4.78, 5) is 0. The quantitative estimate of drug-likeness (QED) is 0.947. The minimum atomic E-state index is 0.265. The molecular formula is C18H15ClO3. The van der Waals surface area contributed by atoms with Crippen molar-refractivity contribution in [3.63, 3.8) is 0 Å². The van der Waals surface area contributed by atoms with Crippen molar-refractivity contribution in [3.05, 3.63) is 63.0 Å². The zero-order chi connectivity index (χ0) is 15.7. The van der Waals surface area contributed by atoms with Gasteiger partial charge in [-0.15, -0.1) is 0 Å². The van der Waals surface area contributed by atoms with E-state index >= 15 is 0 Å². The highest BCUT2D eigenvalue weighted by Gasteiger charge is 2.13. The van der Waals surface area contributed by atoms with Crippen LogP contribution in [0.15, 0.2) is 42.0 Å². The molecule has 0 bridgehead atoms. The van der Waals surface area contributed by atoms with Crippen LogP contribution in [0.3, 0.4) is 0 Å². The van der Waals surface area contributed by atoms with Crippen molar-refractivity contribution in [1.29, 1.82) is 0 Å². The summed E-state index contributed by atoms with van der Waals surface area (Å²) in [6.45, 7) is 0. The fourth-order valence-electron chi connectivity index (χ4n) is 2.54. The molecule has 0 radical (unpaired) electrons. The number of hydrogen-bond donors (Lipinski definition) is 1. The average Bonchev–Trinajstić information content (AvgIpc) is 2.83. The molecule has 1 aliphatic rings. The van der Waals surface area contributed by atoms with Crippen LogP contribution in [0.5, 0.6) is 11.5 Å². The number of fused-ring (bicyclic) bond motifs is 1. The third-order valence-corrected chi connectivity index (χ3v) is 3.86. The Morgan fingerprint density at radius 1 is 1.09 bits per heavy atom. The number of methoxy groups -OCH3 is 2. The number of hydrogen-bond acceptors (Lipinski definition) is 3. The van der Waals surface area contributed by atoms with Gasteiger partial charge in [0.25, 0.3) is 0 Å². The molecule has 1 aliphatic carbocycles. The van der Waals surface area contributed by atoms with Crippen LogP contribution in [-0.2, 0) is 0 Å². The first kappa shape index (κ1) is 14.5. The van der Waals surface area contributed by atoms with Gasteiger partial charge in [0.15, 0.2) is 11.5 Å². The van der Waals surface area contributed by atoms with E-state index in [1.807, 2.05) is 42.5 Å². The summed E-state index contributed by atoms with van der Waals surface area (Å²) in [7, 11) is 3.11. The van der Waals surface area contributed by atoms with Crippen molar-refractivity contribution >= 4 is 29.5 Å². The topological polar surface area (TPSA) is 38.7 Å². The zero-order valence-corrected chi connectivity index (χ0v) is 13.0. The van der Waals surface area contributed by atoms with E-state index in [0.717, 1.165) is 21.6 Å². The van der Waals surface area contributed by atoms with Gasteiger partial charge >= 0.3 is 0 Å². The molecule has 22 heavy (non-hydrogen) atoms. The summed E-state index contributed by atoms with van der Waals surface area (Å²) in [5.74, 6) is 1.32. The fourth-order valence-corrected chi connectivity index (χ4v) is 2.84. The molecule has 0 saturated carbocycles. The Hall–Kier alpha value is -2.39. The third kappa shape index (κ3) is 2.44. The van der Waals surface area contributed by atoms with E-state index in [4.69, 9.17) is 21.1 Å². The first-order valence-corrected chi connectivity index (χ1v) is 7.15. The van der Waals surface area contributed by atoms with Crippen LogP contribution in [0.2, 0.25) is 5.02 Å². The minimum absolute atomic E-state index is 0.265. The molecule has 3 rings (SSSR count). The molecule has 0 saturated heterocycles. The Bertz CT molecular complexity index is 882. The second kappa shape index (κ2) is 5.78. The molecule has 0 aromatic heterocycles. The first-order chi connectivity index (χ1) is 10.6. The van der Waals surface area contributed by atoms with Gasteiger partial charge in [-0.05, 0) is 35.1 Å². The van der Waals surface area contributed by atoms with Gasteiger partial charge in [-0.25, -0.2) is 0 Å². The maximum absolute atomic E-state index is 10.3. The highest BCUT2D eigenvalue weighted by atomic mass is 35.5. The van der Waals surface area contributed by atoms with Crippen LogP contribution in [0.4, 0.5) is 0 Å². The predicted octanol–water partition coefficient (Wildman–Crippen LogP) is 2.90. The second-order valence-corrected chi connectivity index (χ2v) is 5.33. The molecule has 3 nitrogen and oxygen atoms in total. The molecule has 0 unspecified atom stereocenters. The molecule has 2 aromatic carbocycles. The SMILES string of the molecule is COc1cc(/C=C2/C=c3ccccc3=C2O)cc(Cl)c1OC. The number of aliphatic hydroxyl groups excluding tert-OH is 1. The summed E-state index contributed by atoms with van der Waals surface area (Å²) in [6, 6.07) is 11.3. The Morgan fingerprint density at radius 3 is 2.55 bits per heavy atom. The highest BCUT2D eigenvalue weighted by Crippen LogP contribution is 2.36. The maximum atomic E-state index is 10.3. The summed E-state index contributed by atoms with van der Waals surface area (Å²) in [5.41, 5.74) is 1.57. The number of rotatable bonds is 3. The molecule has 112 valence electrons. The molecule has 4 heteroatoms. The van der Waals surface area contributed by atoms with Crippen LogP contribution in [0, 0.1) is 0 Å². The van der Waals surface area contributed by atoms with Gasteiger partial charge in [-0.1, -0.05) is 35.9 Å². The summed E-state index contributed by atoms with van der Waals surface area (Å²) >= 11 is 6.21. The Balaban J connectivity index is 2.11. The molecule has 0 spiro atoms. The van der Waals surface area contributed by atoms with Gasteiger partial charge in [0.1, 0.15) is 5.76 Å². The smallest absolute Gasteiger partial charge is 0.179 e. The molecular weight excluding hydrogens is 300 g/mol. The zero-order valence-electron chi connectivity index (χ0n) is 12.3. The van der Waals surface area contributed by atoms with Crippen LogP contribution in [-0.4, -0.2) is 19.3 Å². The van der Waals surface area contributed by atoms with Crippen molar-refractivity contribution in [2.24, 2.45) is 0 Å². The lowest BCUT2D eigenvalue weighted by atomic mass is 10.1. The predicted molar refractivity (Wildman–Crippen MR) is 88.7 cm³/mol. The number of aliphatic hydroxyl groups is 1. The van der Waals surface area contributed by atoms with Crippen molar-refractivity contribution in [2.45, 2.75) is 0 Å². The van der Waals surface area contributed by atoms with Gasteiger partial charge in [0.05, 0.1) is 19.2 Å². The Morgan fingerprint density at radius 2 is 1.86 bits per heavy atom. The summed E-state index contributed by atoms with van der Waals surface area (Å²) in [5, 5.41) is 12.6. The molecule has 0 aliphatic heterocycles. The third-order valence-electron chi connectivity index (χ3n) is 3.58. The van der Waals surface area contributed by atoms with E-state index in [2.05, 4.69) is 0 Å². The van der Waals surface area contributed by atoms with Crippen LogP contribution < -0.4 is 19.9 Å². The summed E-state index contributed by atoms with van der Waals surface area (Å²) in [6.07, 6.45) is 3.80. The van der Waals surface area contributed by atoms with Gasteiger partial charge in [-0.2, -0.15) is 0 Å². The van der Waals surface area contributed by atoms with Crippen LogP contribution >= 0.6 is 11.6 Å². The lowest BCUT2D eigenvalue weighted by molar-refractivity contribution is 0.355. The lowest BCUT2D eigenvalue weighted by Gasteiger charge is -2.10. The van der Waals surface area contributed by atoms with Gasteiger partial charge in [0.2, 0.25) is 0 Å². The Kier molecular flexibility index (Phi) is 3.82. The second-order valence-electron chi connectivity index (χ2n) is 4.92. The maximum Gasteiger partial charge on any atom is 0.179 e. The molecule has 0 heterocycles. The molecule has 1 N–H and O–H groups in total. The minimum Gasteiger partial charge on any atom is -0.507 e. The van der Waals surface area contributed by atoms with E-state index in [-0.39, 0.29) is 5.76 Å². The highest BCUT2D eigenvalue weighted by molar-refractivity contribution is 6.32. The number of ether oxygens (including phenoxy) is 2.